The summed E-state index contributed by atoms with van der Waals surface area (Å²) in [6.45, 7) is 0.231. The molecule has 0 aliphatic carbocycles. The fourth-order valence-electron chi connectivity index (χ4n) is 3.07. The van der Waals surface area contributed by atoms with Gasteiger partial charge in [0.05, 0.1) is 5.56 Å². The first-order chi connectivity index (χ1) is 13.1. The van der Waals surface area contributed by atoms with Crippen molar-refractivity contribution in [1.29, 1.82) is 0 Å². The zero-order chi connectivity index (χ0) is 18.8. The van der Waals surface area contributed by atoms with Crippen LogP contribution in [0.2, 0.25) is 0 Å². The van der Waals surface area contributed by atoms with E-state index in [2.05, 4.69) is 10.3 Å². The Morgan fingerprint density at radius 2 is 1.78 bits per heavy atom. The van der Waals surface area contributed by atoms with Crippen molar-refractivity contribution < 1.29 is 9.90 Å². The van der Waals surface area contributed by atoms with E-state index in [-0.39, 0.29) is 29.3 Å². The van der Waals surface area contributed by atoms with Crippen LogP contribution in [0.5, 0.6) is 5.75 Å². The van der Waals surface area contributed by atoms with Crippen molar-refractivity contribution in [2.45, 2.75) is 6.54 Å². The highest BCUT2D eigenvalue weighted by Gasteiger charge is 2.13. The van der Waals surface area contributed by atoms with Gasteiger partial charge in [0.2, 0.25) is 0 Å². The van der Waals surface area contributed by atoms with Gasteiger partial charge in [0.25, 0.3) is 11.5 Å². The summed E-state index contributed by atoms with van der Waals surface area (Å²) in [5, 5.41) is 14.4. The third-order valence-electron chi connectivity index (χ3n) is 4.46. The molecule has 2 aromatic carbocycles. The SMILES string of the molecule is O=C(NCc1c[nH]c(=O)c2ccccc12)c1ccc(-n2cccc2)cc1O. The van der Waals surface area contributed by atoms with Crippen LogP contribution in [-0.4, -0.2) is 20.6 Å². The Balaban J connectivity index is 1.55. The predicted molar refractivity (Wildman–Crippen MR) is 103 cm³/mol. The van der Waals surface area contributed by atoms with Crippen molar-refractivity contribution in [3.8, 4) is 11.4 Å². The summed E-state index contributed by atoms with van der Waals surface area (Å²) in [6, 6.07) is 15.9. The van der Waals surface area contributed by atoms with Gasteiger partial charge in [-0.05, 0) is 41.3 Å². The van der Waals surface area contributed by atoms with Gasteiger partial charge >= 0.3 is 0 Å². The van der Waals surface area contributed by atoms with Crippen molar-refractivity contribution in [3.05, 3.63) is 94.7 Å². The first-order valence-corrected chi connectivity index (χ1v) is 8.47. The molecule has 2 aromatic heterocycles. The van der Waals surface area contributed by atoms with E-state index in [1.54, 1.807) is 36.5 Å². The highest BCUT2D eigenvalue weighted by molar-refractivity contribution is 5.97. The minimum atomic E-state index is -0.387. The number of nitrogens with zero attached hydrogens (tertiary/aromatic N) is 1. The van der Waals surface area contributed by atoms with Crippen LogP contribution in [0.3, 0.4) is 0 Å². The molecule has 0 aliphatic heterocycles. The topological polar surface area (TPSA) is 87.1 Å². The molecule has 0 fully saturated rings. The maximum atomic E-state index is 12.5. The summed E-state index contributed by atoms with van der Waals surface area (Å²) in [6.07, 6.45) is 5.31. The summed E-state index contributed by atoms with van der Waals surface area (Å²) < 4.78 is 1.84. The standard InChI is InChI=1S/C21H17N3O3/c25-19-11-15(24-9-3-4-10-24)7-8-18(19)21(27)23-13-14-12-22-20(26)17-6-2-1-5-16(14)17/h1-12,25H,13H2,(H,22,26)(H,23,27). The highest BCUT2D eigenvalue weighted by atomic mass is 16.3. The first kappa shape index (κ1) is 16.7. The number of carbonyl (C=O) groups excluding carboxylic acids is 1. The molecule has 6 heteroatoms. The molecule has 0 saturated heterocycles. The average Bonchev–Trinajstić information content (AvgIpc) is 3.22. The van der Waals surface area contributed by atoms with Crippen LogP contribution in [-0.2, 0) is 6.54 Å². The van der Waals surface area contributed by atoms with Crippen molar-refractivity contribution >= 4 is 16.7 Å². The molecule has 0 aliphatic rings. The highest BCUT2D eigenvalue weighted by Crippen LogP contribution is 2.22. The molecule has 0 atom stereocenters. The molecular weight excluding hydrogens is 342 g/mol. The number of hydrogen-bond acceptors (Lipinski definition) is 3. The third-order valence-corrected chi connectivity index (χ3v) is 4.46. The van der Waals surface area contributed by atoms with Gasteiger partial charge < -0.3 is 20.0 Å². The van der Waals surface area contributed by atoms with Gasteiger partial charge in [-0.1, -0.05) is 18.2 Å². The van der Waals surface area contributed by atoms with E-state index in [1.807, 2.05) is 41.2 Å². The van der Waals surface area contributed by atoms with Crippen LogP contribution in [0.4, 0.5) is 0 Å². The molecule has 134 valence electrons. The molecule has 6 nitrogen and oxygen atoms in total. The Labute approximate surface area is 154 Å². The van der Waals surface area contributed by atoms with E-state index in [4.69, 9.17) is 0 Å². The third kappa shape index (κ3) is 3.20. The van der Waals surface area contributed by atoms with Crippen LogP contribution in [0, 0.1) is 0 Å². The summed E-state index contributed by atoms with van der Waals surface area (Å²) in [5.74, 6) is -0.480. The second kappa shape index (κ2) is 6.84. The number of rotatable bonds is 4. The molecule has 1 amide bonds. The van der Waals surface area contributed by atoms with E-state index >= 15 is 0 Å². The van der Waals surface area contributed by atoms with Crippen LogP contribution in [0.1, 0.15) is 15.9 Å². The number of phenols is 1. The fraction of sp³-hybridized carbons (Fsp3) is 0.0476. The van der Waals surface area contributed by atoms with Crippen LogP contribution >= 0.6 is 0 Å². The average molecular weight is 359 g/mol. The number of pyridine rings is 1. The van der Waals surface area contributed by atoms with Crippen molar-refractivity contribution in [2.75, 3.05) is 0 Å². The number of hydrogen-bond donors (Lipinski definition) is 3. The van der Waals surface area contributed by atoms with Gasteiger partial charge in [0.15, 0.2) is 0 Å². The zero-order valence-electron chi connectivity index (χ0n) is 14.3. The second-order valence-electron chi connectivity index (χ2n) is 6.16. The molecule has 0 unspecified atom stereocenters. The Morgan fingerprint density at radius 1 is 1.04 bits per heavy atom. The lowest BCUT2D eigenvalue weighted by Crippen LogP contribution is -2.23. The largest absolute Gasteiger partial charge is 0.507 e. The monoisotopic (exact) mass is 359 g/mol. The minimum absolute atomic E-state index is 0.0926. The Hall–Kier alpha value is -3.80. The van der Waals surface area contributed by atoms with Gasteiger partial charge in [-0.15, -0.1) is 0 Å². The van der Waals surface area contributed by atoms with Gasteiger partial charge in [-0.2, -0.15) is 0 Å². The molecule has 4 rings (SSSR count). The summed E-state index contributed by atoms with van der Waals surface area (Å²) in [7, 11) is 0. The molecule has 4 aromatic rings. The number of benzene rings is 2. The Kier molecular flexibility index (Phi) is 4.22. The Bertz CT molecular complexity index is 1180. The zero-order valence-corrected chi connectivity index (χ0v) is 14.3. The molecule has 2 heterocycles. The van der Waals surface area contributed by atoms with Crippen molar-refractivity contribution in [3.63, 3.8) is 0 Å². The number of phenolic OH excluding ortho intramolecular Hbond substituents is 1. The van der Waals surface area contributed by atoms with Gasteiger partial charge in [-0.3, -0.25) is 9.59 Å². The van der Waals surface area contributed by atoms with Crippen LogP contribution in [0.25, 0.3) is 16.5 Å². The number of nitrogens with one attached hydrogen (secondary N) is 2. The quantitative estimate of drug-likeness (QED) is 0.523. The number of fused-ring (bicyclic) bond motifs is 1. The summed E-state index contributed by atoms with van der Waals surface area (Å²) in [5.41, 5.74) is 1.58. The maximum Gasteiger partial charge on any atom is 0.255 e. The summed E-state index contributed by atoms with van der Waals surface area (Å²) >= 11 is 0. The molecular formula is C21H17N3O3. The van der Waals surface area contributed by atoms with Crippen molar-refractivity contribution in [1.82, 2.24) is 14.9 Å². The van der Waals surface area contributed by atoms with E-state index in [0.717, 1.165) is 16.6 Å². The lowest BCUT2D eigenvalue weighted by molar-refractivity contribution is 0.0948. The smallest absolute Gasteiger partial charge is 0.255 e. The van der Waals surface area contributed by atoms with E-state index in [1.165, 1.54) is 0 Å². The molecule has 0 radical (unpaired) electrons. The maximum absolute atomic E-state index is 12.5. The number of H-pyrrole nitrogens is 1. The number of aromatic amines is 1. The van der Waals surface area contributed by atoms with Crippen LogP contribution in [0.15, 0.2) is 78.0 Å². The first-order valence-electron chi connectivity index (χ1n) is 8.47. The number of amides is 1. The molecule has 0 saturated carbocycles. The Morgan fingerprint density at radius 3 is 2.52 bits per heavy atom. The van der Waals surface area contributed by atoms with E-state index in [9.17, 15) is 14.7 Å². The molecule has 27 heavy (non-hydrogen) atoms. The molecule has 3 N–H and O–H groups in total. The van der Waals surface area contributed by atoms with Crippen LogP contribution < -0.4 is 10.9 Å². The lowest BCUT2D eigenvalue weighted by atomic mass is 10.1. The van der Waals surface area contributed by atoms with Gasteiger partial charge in [0, 0.05) is 42.3 Å². The van der Waals surface area contributed by atoms with E-state index < -0.39 is 0 Å². The normalized spacial score (nSPS) is 10.8. The van der Waals surface area contributed by atoms with Gasteiger partial charge in [-0.25, -0.2) is 0 Å². The number of carbonyl (C=O) groups is 1. The minimum Gasteiger partial charge on any atom is -0.507 e. The fourth-order valence-corrected chi connectivity index (χ4v) is 3.07. The molecule has 0 bridgehead atoms. The predicted octanol–water partition coefficient (Wildman–Crippen LogP) is 2.95. The second-order valence-corrected chi connectivity index (χ2v) is 6.16. The van der Waals surface area contributed by atoms with Gasteiger partial charge in [0.1, 0.15) is 5.75 Å². The van der Waals surface area contributed by atoms with E-state index in [0.29, 0.717) is 5.39 Å². The molecule has 0 spiro atoms. The van der Waals surface area contributed by atoms with Crippen molar-refractivity contribution in [2.24, 2.45) is 0 Å². The number of aromatic nitrogens is 2. The number of aromatic hydroxyl groups is 1. The lowest BCUT2D eigenvalue weighted by Gasteiger charge is -2.10. The summed E-state index contributed by atoms with van der Waals surface area (Å²) in [4.78, 5) is 27.1.